The molecule has 100 valence electrons. The largest absolute Gasteiger partial charge is 0.488 e. The summed E-state index contributed by atoms with van der Waals surface area (Å²) in [5.41, 5.74) is 0.300. The lowest BCUT2D eigenvalue weighted by atomic mass is 10.2. The standard InChI is InChI=1S/C11H13NO4.C2H6/c1-6(2)12-8-5-9(7(3)13)16-11(14)10(8)15-4;1-2/h5,12H,1H2,2-4H3;1-2H3. The molecule has 0 amide bonds. The Kier molecular flexibility index (Phi) is 6.49. The Balaban J connectivity index is 0.00000137. The molecule has 1 rings (SSSR count). The Labute approximate surface area is 106 Å². The van der Waals surface area contributed by atoms with E-state index in [1.807, 2.05) is 13.8 Å². The normalized spacial score (nSPS) is 8.94. The van der Waals surface area contributed by atoms with Crippen LogP contribution in [0.2, 0.25) is 0 Å². The van der Waals surface area contributed by atoms with E-state index in [4.69, 9.17) is 9.15 Å². The number of methoxy groups -OCH3 is 1. The van der Waals surface area contributed by atoms with Gasteiger partial charge in [-0.25, -0.2) is 4.79 Å². The second-order valence-electron chi connectivity index (χ2n) is 3.31. The van der Waals surface area contributed by atoms with Crippen LogP contribution in [0.25, 0.3) is 0 Å². The van der Waals surface area contributed by atoms with Crippen LogP contribution in [-0.2, 0) is 0 Å². The fourth-order valence-corrected chi connectivity index (χ4v) is 1.17. The van der Waals surface area contributed by atoms with Gasteiger partial charge in [-0.3, -0.25) is 4.79 Å². The summed E-state index contributed by atoms with van der Waals surface area (Å²) in [6.45, 7) is 10.7. The quantitative estimate of drug-likeness (QED) is 0.835. The summed E-state index contributed by atoms with van der Waals surface area (Å²) in [6, 6.07) is 1.41. The van der Waals surface area contributed by atoms with Crippen LogP contribution in [0.4, 0.5) is 5.69 Å². The van der Waals surface area contributed by atoms with Crippen molar-refractivity contribution in [1.29, 1.82) is 0 Å². The van der Waals surface area contributed by atoms with Crippen LogP contribution in [0.3, 0.4) is 0 Å². The number of hydrogen-bond acceptors (Lipinski definition) is 5. The maximum atomic E-state index is 11.5. The monoisotopic (exact) mass is 253 g/mol. The van der Waals surface area contributed by atoms with Crippen molar-refractivity contribution in [3.63, 3.8) is 0 Å². The van der Waals surface area contributed by atoms with E-state index in [2.05, 4.69) is 11.9 Å². The first kappa shape index (κ1) is 16.0. The third kappa shape index (κ3) is 4.08. The lowest BCUT2D eigenvalue weighted by molar-refractivity contribution is 0.0982. The fraction of sp³-hybridized carbons (Fsp3) is 0.385. The third-order valence-corrected chi connectivity index (χ3v) is 1.81. The summed E-state index contributed by atoms with van der Waals surface area (Å²) in [5.74, 6) is -0.327. The van der Waals surface area contributed by atoms with E-state index in [-0.39, 0.29) is 17.3 Å². The highest BCUT2D eigenvalue weighted by Crippen LogP contribution is 2.22. The highest BCUT2D eigenvalue weighted by molar-refractivity contribution is 5.92. The Morgan fingerprint density at radius 2 is 1.94 bits per heavy atom. The Morgan fingerprint density at radius 3 is 2.33 bits per heavy atom. The van der Waals surface area contributed by atoms with Gasteiger partial charge in [0.05, 0.1) is 12.8 Å². The first-order valence-electron chi connectivity index (χ1n) is 5.61. The van der Waals surface area contributed by atoms with Crippen LogP contribution in [0.1, 0.15) is 38.2 Å². The number of nitrogens with one attached hydrogen (secondary N) is 1. The van der Waals surface area contributed by atoms with E-state index in [0.717, 1.165) is 0 Å². The first-order chi connectivity index (χ1) is 8.45. The number of anilines is 1. The molecular weight excluding hydrogens is 234 g/mol. The molecule has 5 nitrogen and oxygen atoms in total. The van der Waals surface area contributed by atoms with Gasteiger partial charge in [-0.15, -0.1) is 0 Å². The molecule has 0 unspecified atom stereocenters. The van der Waals surface area contributed by atoms with Gasteiger partial charge in [0.2, 0.25) is 5.75 Å². The summed E-state index contributed by atoms with van der Waals surface area (Å²) in [6.07, 6.45) is 0. The number of carbonyl (C=O) groups excluding carboxylic acids is 1. The van der Waals surface area contributed by atoms with E-state index in [1.54, 1.807) is 6.92 Å². The molecule has 0 bridgehead atoms. The van der Waals surface area contributed by atoms with Gasteiger partial charge >= 0.3 is 5.63 Å². The minimum Gasteiger partial charge on any atom is -0.488 e. The predicted molar refractivity (Wildman–Crippen MR) is 71.3 cm³/mol. The number of rotatable bonds is 4. The molecule has 5 heteroatoms. The molecule has 0 saturated carbocycles. The molecule has 0 aliphatic rings. The summed E-state index contributed by atoms with van der Waals surface area (Å²) in [5, 5.41) is 2.83. The predicted octanol–water partition coefficient (Wildman–Crippen LogP) is 2.82. The van der Waals surface area contributed by atoms with Gasteiger partial charge in [0, 0.05) is 18.7 Å². The lowest BCUT2D eigenvalue weighted by Gasteiger charge is -2.09. The van der Waals surface area contributed by atoms with Crippen LogP contribution in [0.15, 0.2) is 27.6 Å². The Bertz CT molecular complexity index is 488. The molecular formula is C13H19NO4. The fourth-order valence-electron chi connectivity index (χ4n) is 1.17. The van der Waals surface area contributed by atoms with E-state index in [0.29, 0.717) is 11.4 Å². The summed E-state index contributed by atoms with van der Waals surface area (Å²) in [7, 11) is 1.35. The second-order valence-corrected chi connectivity index (χ2v) is 3.31. The molecule has 0 radical (unpaired) electrons. The number of Topliss-reactive ketones (excluding diaryl/α,β-unsaturated/α-hetero) is 1. The summed E-state index contributed by atoms with van der Waals surface area (Å²) in [4.78, 5) is 22.6. The van der Waals surface area contributed by atoms with E-state index in [9.17, 15) is 9.59 Å². The van der Waals surface area contributed by atoms with Crippen molar-refractivity contribution >= 4 is 11.5 Å². The van der Waals surface area contributed by atoms with Crippen molar-refractivity contribution in [3.8, 4) is 5.75 Å². The topological polar surface area (TPSA) is 68.5 Å². The molecule has 1 heterocycles. The second kappa shape index (κ2) is 7.32. The van der Waals surface area contributed by atoms with Crippen molar-refractivity contribution < 1.29 is 13.9 Å². The minimum absolute atomic E-state index is 0.0189. The molecule has 1 aromatic rings. The van der Waals surface area contributed by atoms with Gasteiger partial charge in [-0.2, -0.15) is 0 Å². The van der Waals surface area contributed by atoms with Crippen molar-refractivity contribution in [3.05, 3.63) is 34.5 Å². The van der Waals surface area contributed by atoms with Gasteiger partial charge in [0.15, 0.2) is 11.5 Å². The summed E-state index contributed by atoms with van der Waals surface area (Å²) >= 11 is 0. The summed E-state index contributed by atoms with van der Waals surface area (Å²) < 4.78 is 9.67. The van der Waals surface area contributed by atoms with Gasteiger partial charge in [0.25, 0.3) is 0 Å². The number of ketones is 1. The van der Waals surface area contributed by atoms with E-state index in [1.165, 1.54) is 20.1 Å². The van der Waals surface area contributed by atoms with Gasteiger partial charge in [-0.1, -0.05) is 20.4 Å². The van der Waals surface area contributed by atoms with Crippen LogP contribution in [-0.4, -0.2) is 12.9 Å². The van der Waals surface area contributed by atoms with Crippen molar-refractivity contribution in [2.75, 3.05) is 12.4 Å². The number of hydrogen-bond donors (Lipinski definition) is 1. The SMILES string of the molecule is C=C(C)Nc1cc(C(C)=O)oc(=O)c1OC.CC. The molecule has 18 heavy (non-hydrogen) atoms. The molecule has 0 aromatic carbocycles. The molecule has 1 aromatic heterocycles. The molecule has 0 fully saturated rings. The van der Waals surface area contributed by atoms with E-state index >= 15 is 0 Å². The van der Waals surface area contributed by atoms with Gasteiger partial charge in [-0.05, 0) is 6.92 Å². The molecule has 0 aliphatic heterocycles. The van der Waals surface area contributed by atoms with Crippen molar-refractivity contribution in [2.24, 2.45) is 0 Å². The van der Waals surface area contributed by atoms with Crippen molar-refractivity contribution in [1.82, 2.24) is 0 Å². The number of allylic oxidation sites excluding steroid dienone is 1. The van der Waals surface area contributed by atoms with Crippen molar-refractivity contribution in [2.45, 2.75) is 27.7 Å². The zero-order valence-corrected chi connectivity index (χ0v) is 11.4. The maximum absolute atomic E-state index is 11.5. The van der Waals surface area contributed by atoms with Gasteiger partial charge < -0.3 is 14.5 Å². The zero-order chi connectivity index (χ0) is 14.3. The van der Waals surface area contributed by atoms with E-state index < -0.39 is 5.63 Å². The Morgan fingerprint density at radius 1 is 1.39 bits per heavy atom. The lowest BCUT2D eigenvalue weighted by Crippen LogP contribution is -2.11. The molecule has 0 aliphatic carbocycles. The smallest absolute Gasteiger partial charge is 0.381 e. The van der Waals surface area contributed by atoms with Crippen LogP contribution in [0, 0.1) is 0 Å². The first-order valence-corrected chi connectivity index (χ1v) is 5.61. The average molecular weight is 253 g/mol. The minimum atomic E-state index is -0.695. The number of ether oxygens (including phenoxy) is 1. The molecule has 0 atom stereocenters. The van der Waals surface area contributed by atoms with Crippen LogP contribution >= 0.6 is 0 Å². The molecule has 0 saturated heterocycles. The molecule has 1 N–H and O–H groups in total. The Hall–Kier alpha value is -2.04. The van der Waals surface area contributed by atoms with Crippen LogP contribution in [0.5, 0.6) is 5.75 Å². The average Bonchev–Trinajstić information content (AvgIpc) is 2.30. The zero-order valence-electron chi connectivity index (χ0n) is 11.4. The third-order valence-electron chi connectivity index (χ3n) is 1.81. The maximum Gasteiger partial charge on any atom is 0.381 e. The number of carbonyl (C=O) groups is 1. The van der Waals surface area contributed by atoms with Crippen LogP contribution < -0.4 is 15.7 Å². The highest BCUT2D eigenvalue weighted by atomic mass is 16.5. The molecule has 0 spiro atoms. The highest BCUT2D eigenvalue weighted by Gasteiger charge is 2.14. The van der Waals surface area contributed by atoms with Gasteiger partial charge in [0.1, 0.15) is 0 Å².